The molecule has 204 valence electrons. The molecule has 0 spiro atoms. The molecule has 0 atom stereocenters. The summed E-state index contributed by atoms with van der Waals surface area (Å²) in [4.78, 5) is 31.5. The average Bonchev–Trinajstić information content (AvgIpc) is 3.73. The Balaban J connectivity index is 1.30. The van der Waals surface area contributed by atoms with E-state index in [0.29, 0.717) is 21.6 Å². The molecule has 0 unspecified atom stereocenters. The smallest absolute Gasteiger partial charge is 0.291 e. The number of rotatable bonds is 8. The maximum absolute atomic E-state index is 13.7. The number of hydrogen-bond acceptors (Lipinski definition) is 7. The molecule has 3 N–H and O–H groups in total. The lowest BCUT2D eigenvalue weighted by Crippen LogP contribution is -2.16. The van der Waals surface area contributed by atoms with E-state index in [-0.39, 0.29) is 27.8 Å². The van der Waals surface area contributed by atoms with Crippen LogP contribution in [0.3, 0.4) is 0 Å². The number of fused-ring (bicyclic) bond motifs is 2. The van der Waals surface area contributed by atoms with Gasteiger partial charge in [-0.1, -0.05) is 6.07 Å². The number of aromatic nitrogens is 1. The van der Waals surface area contributed by atoms with Gasteiger partial charge >= 0.3 is 0 Å². The van der Waals surface area contributed by atoms with Crippen LogP contribution in [0.1, 0.15) is 60.5 Å². The quantitative estimate of drug-likeness (QED) is 0.201. The highest BCUT2D eigenvalue weighted by atomic mass is 32.1. The molecule has 0 radical (unpaired) electrons. The Kier molecular flexibility index (Phi) is 6.85. The van der Waals surface area contributed by atoms with Gasteiger partial charge in [-0.05, 0) is 79.8 Å². The van der Waals surface area contributed by atoms with Gasteiger partial charge in [0.25, 0.3) is 18.2 Å². The molecule has 1 aliphatic rings. The number of thiophene rings is 2. The molecule has 6 rings (SSSR count). The van der Waals surface area contributed by atoms with Crippen molar-refractivity contribution in [2.45, 2.75) is 39.2 Å². The van der Waals surface area contributed by atoms with Crippen molar-refractivity contribution >= 4 is 50.4 Å². The molecule has 4 aromatic heterocycles. The monoisotopic (exact) mass is 579 g/mol. The third-order valence-corrected chi connectivity index (χ3v) is 8.84. The molecule has 2 amide bonds. The number of hydrogen-bond donors (Lipinski definition) is 2. The van der Waals surface area contributed by atoms with E-state index in [0.717, 1.165) is 41.2 Å². The number of pyridine rings is 1. The summed E-state index contributed by atoms with van der Waals surface area (Å²) in [6.07, 6.45) is 0.446. The van der Waals surface area contributed by atoms with Gasteiger partial charge in [-0.3, -0.25) is 9.59 Å². The minimum absolute atomic E-state index is 0.00326. The van der Waals surface area contributed by atoms with Crippen LogP contribution in [0, 0.1) is 6.92 Å². The molecule has 1 aromatic carbocycles. The van der Waals surface area contributed by atoms with E-state index < -0.39 is 23.9 Å². The predicted molar refractivity (Wildman–Crippen MR) is 151 cm³/mol. The second kappa shape index (κ2) is 10.5. The normalized spacial score (nSPS) is 12.7. The lowest BCUT2D eigenvalue weighted by molar-refractivity contribution is 0.0992. The van der Waals surface area contributed by atoms with Crippen molar-refractivity contribution in [1.29, 1.82) is 0 Å². The minimum Gasteiger partial charge on any atom is -0.486 e. The van der Waals surface area contributed by atoms with E-state index in [4.69, 9.17) is 14.9 Å². The van der Waals surface area contributed by atoms with Crippen LogP contribution in [0.4, 0.5) is 14.5 Å². The number of aryl methyl sites for hydroxylation is 3. The number of furan rings is 1. The van der Waals surface area contributed by atoms with Crippen LogP contribution >= 0.6 is 22.7 Å². The van der Waals surface area contributed by atoms with E-state index in [9.17, 15) is 18.4 Å². The summed E-state index contributed by atoms with van der Waals surface area (Å²) in [5.74, 6) is -0.279. The second-order valence-corrected chi connectivity index (χ2v) is 11.7. The number of carbonyl (C=O) groups is 2. The molecule has 1 aliphatic carbocycles. The first-order valence-corrected chi connectivity index (χ1v) is 14.2. The van der Waals surface area contributed by atoms with Gasteiger partial charge < -0.3 is 20.2 Å². The molecule has 11 heteroatoms. The Morgan fingerprint density at radius 1 is 1.10 bits per heavy atom. The van der Waals surface area contributed by atoms with Crippen molar-refractivity contribution < 1.29 is 27.5 Å². The van der Waals surface area contributed by atoms with E-state index >= 15 is 0 Å². The molecule has 5 aromatic rings. The summed E-state index contributed by atoms with van der Waals surface area (Å²) in [6.45, 7) is 2.02. The molecule has 0 fully saturated rings. The molecular formula is C29H23F2N3O4S2. The Morgan fingerprint density at radius 3 is 2.67 bits per heavy atom. The zero-order valence-corrected chi connectivity index (χ0v) is 22.9. The number of nitrogens with one attached hydrogen (secondary N) is 1. The Morgan fingerprint density at radius 2 is 1.93 bits per heavy atom. The molecule has 0 saturated heterocycles. The van der Waals surface area contributed by atoms with Gasteiger partial charge in [-0.15, -0.1) is 22.7 Å². The summed E-state index contributed by atoms with van der Waals surface area (Å²) < 4.78 is 39.0. The fourth-order valence-corrected chi connectivity index (χ4v) is 6.74. The first kappa shape index (κ1) is 26.1. The number of benzene rings is 1. The minimum atomic E-state index is -2.82. The van der Waals surface area contributed by atoms with E-state index in [1.54, 1.807) is 12.1 Å². The first-order chi connectivity index (χ1) is 19.3. The summed E-state index contributed by atoms with van der Waals surface area (Å²) in [5.41, 5.74) is 8.37. The van der Waals surface area contributed by atoms with Crippen LogP contribution in [0.5, 0.6) is 5.75 Å². The highest BCUT2D eigenvalue weighted by molar-refractivity contribution is 7.21. The van der Waals surface area contributed by atoms with Gasteiger partial charge in [0.15, 0.2) is 5.76 Å². The number of halogens is 2. The van der Waals surface area contributed by atoms with Crippen molar-refractivity contribution in [2.75, 3.05) is 5.32 Å². The number of carbonyl (C=O) groups excluding carboxylic acids is 2. The lowest BCUT2D eigenvalue weighted by atomic mass is 10.1. The third-order valence-electron chi connectivity index (χ3n) is 6.71. The van der Waals surface area contributed by atoms with Gasteiger partial charge in [0, 0.05) is 20.7 Å². The number of alkyl halides is 2. The standard InChI is InChI=1S/C29H23F2N3O4S2/c1-14-5-10-22(39-14)19-12-20(26(30)31)33-29-23(19)24(25(40-29)27(32)35)34-28(36)21-9-8-18(38-21)13-37-17-7-6-15-3-2-4-16(15)11-17/h5-12,26H,2-4,13H2,1H3,(H2,32,35)(H,34,36). The number of anilines is 1. The van der Waals surface area contributed by atoms with Gasteiger partial charge in [0.2, 0.25) is 0 Å². The average molecular weight is 580 g/mol. The third kappa shape index (κ3) is 4.98. The van der Waals surface area contributed by atoms with Crippen LogP contribution in [0.15, 0.2) is 52.9 Å². The van der Waals surface area contributed by atoms with Crippen molar-refractivity contribution in [3.63, 3.8) is 0 Å². The van der Waals surface area contributed by atoms with Crippen molar-refractivity contribution in [1.82, 2.24) is 4.98 Å². The number of nitrogens with two attached hydrogens (primary N) is 1. The zero-order chi connectivity index (χ0) is 28.0. The van der Waals surface area contributed by atoms with Crippen LogP contribution in [0.25, 0.3) is 20.7 Å². The predicted octanol–water partition coefficient (Wildman–Crippen LogP) is 7.28. The van der Waals surface area contributed by atoms with Gasteiger partial charge in [-0.2, -0.15) is 0 Å². The van der Waals surface area contributed by atoms with Gasteiger partial charge in [0.05, 0.1) is 5.69 Å². The molecule has 0 aliphatic heterocycles. The topological polar surface area (TPSA) is 107 Å². The highest BCUT2D eigenvalue weighted by Crippen LogP contribution is 2.44. The molecule has 4 heterocycles. The number of primary amides is 1. The fourth-order valence-electron chi connectivity index (χ4n) is 4.84. The van der Waals surface area contributed by atoms with Crippen molar-refractivity contribution in [3.8, 4) is 16.2 Å². The number of ether oxygens (including phenoxy) is 1. The SMILES string of the molecule is Cc1ccc(-c2cc(C(F)F)nc3sc(C(N)=O)c(NC(=O)c4ccc(COc5ccc6c(c5)CCC6)o4)c23)s1. The van der Waals surface area contributed by atoms with Crippen molar-refractivity contribution in [3.05, 3.63) is 86.6 Å². The molecule has 7 nitrogen and oxygen atoms in total. The fraction of sp³-hybridized carbons (Fsp3) is 0.207. The maximum Gasteiger partial charge on any atom is 0.291 e. The van der Waals surface area contributed by atoms with E-state index in [1.807, 2.05) is 25.1 Å². The van der Waals surface area contributed by atoms with Crippen LogP contribution in [-0.4, -0.2) is 16.8 Å². The summed E-state index contributed by atoms with van der Waals surface area (Å²) in [5, 5.41) is 3.09. The Labute approximate surface area is 235 Å². The Hall–Kier alpha value is -4.09. The second-order valence-electron chi connectivity index (χ2n) is 9.45. The van der Waals surface area contributed by atoms with E-state index in [1.165, 1.54) is 34.6 Å². The van der Waals surface area contributed by atoms with Crippen molar-refractivity contribution in [2.24, 2.45) is 5.73 Å². The van der Waals surface area contributed by atoms with Gasteiger partial charge in [-0.25, -0.2) is 13.8 Å². The lowest BCUT2D eigenvalue weighted by Gasteiger charge is -2.09. The summed E-state index contributed by atoms with van der Waals surface area (Å²) in [6, 6.07) is 14.1. The first-order valence-electron chi connectivity index (χ1n) is 12.5. The van der Waals surface area contributed by atoms with E-state index in [2.05, 4.69) is 16.4 Å². The number of nitrogens with zero attached hydrogens (tertiary/aromatic N) is 1. The van der Waals surface area contributed by atoms with Crippen LogP contribution in [-0.2, 0) is 19.4 Å². The van der Waals surface area contributed by atoms with Crippen LogP contribution < -0.4 is 15.8 Å². The molecule has 0 saturated carbocycles. The zero-order valence-electron chi connectivity index (χ0n) is 21.3. The Bertz CT molecular complexity index is 1770. The molecular weight excluding hydrogens is 556 g/mol. The maximum atomic E-state index is 13.7. The molecule has 0 bridgehead atoms. The largest absolute Gasteiger partial charge is 0.486 e. The number of amides is 2. The molecule has 40 heavy (non-hydrogen) atoms. The summed E-state index contributed by atoms with van der Waals surface area (Å²) >= 11 is 2.26. The summed E-state index contributed by atoms with van der Waals surface area (Å²) in [7, 11) is 0. The van der Waals surface area contributed by atoms with Gasteiger partial charge in [0.1, 0.15) is 33.5 Å². The van der Waals surface area contributed by atoms with Crippen LogP contribution in [0.2, 0.25) is 0 Å². The highest BCUT2D eigenvalue weighted by Gasteiger charge is 2.26.